The van der Waals surface area contributed by atoms with E-state index >= 15 is 0 Å². The molecule has 0 bridgehead atoms. The van der Waals surface area contributed by atoms with Crippen molar-refractivity contribution in [3.63, 3.8) is 0 Å². The fourth-order valence-corrected chi connectivity index (χ4v) is 1.19. The predicted octanol–water partition coefficient (Wildman–Crippen LogP) is -1.11. The van der Waals surface area contributed by atoms with E-state index in [1.54, 1.807) is 0 Å². The third-order valence-corrected chi connectivity index (χ3v) is 1.94. The zero-order chi connectivity index (χ0) is 8.27. The summed E-state index contributed by atoms with van der Waals surface area (Å²) in [6.45, 7) is 4.02. The van der Waals surface area contributed by atoms with Crippen LogP contribution < -0.4 is 74.0 Å². The molecule has 0 fully saturated rings. The Balaban J connectivity index is 0.00000121. The fraction of sp³-hybridized carbons (Fsp3) is 0.400. The van der Waals surface area contributed by atoms with Gasteiger partial charge in [-0.1, -0.05) is 43.2 Å². The van der Waals surface area contributed by atoms with Gasteiger partial charge in [-0.2, -0.15) is 0 Å². The molecule has 60 valence electrons. The molecule has 0 amide bonds. The zero-order valence-corrected chi connectivity index (χ0v) is 14.3. The van der Waals surface area contributed by atoms with Crippen LogP contribution in [-0.2, 0) is 12.8 Å². The minimum Gasteiger partial charge on any atom is -0.872 e. The molecule has 0 radical (unpaired) electrons. The molecule has 0 aliphatic rings. The molecule has 0 unspecified atom stereocenters. The number of rotatable bonds is 2. The van der Waals surface area contributed by atoms with Crippen LogP contribution in [0.25, 0.3) is 0 Å². The monoisotopic (exact) mass is 282 g/mol. The first-order valence-electron chi connectivity index (χ1n) is 4.07. The van der Waals surface area contributed by atoms with Crippen molar-refractivity contribution in [1.29, 1.82) is 0 Å². The molecule has 2 heteroatoms. The second-order valence-electron chi connectivity index (χ2n) is 2.61. The minimum absolute atomic E-state index is 0. The van der Waals surface area contributed by atoms with Gasteiger partial charge in [0, 0.05) is 0 Å². The van der Waals surface area contributed by atoms with E-state index in [-0.39, 0.29) is 74.6 Å². The molecule has 0 saturated heterocycles. The van der Waals surface area contributed by atoms with Gasteiger partial charge in [0.2, 0.25) is 0 Å². The molecule has 0 N–H and O–H groups in total. The molecule has 0 heterocycles. The van der Waals surface area contributed by atoms with E-state index in [2.05, 4.69) is 0 Å². The molecule has 0 aromatic heterocycles. The van der Waals surface area contributed by atoms with Gasteiger partial charge in [0.05, 0.1) is 0 Å². The second-order valence-corrected chi connectivity index (χ2v) is 2.61. The summed E-state index contributed by atoms with van der Waals surface area (Å²) in [5.41, 5.74) is 1.87. The second kappa shape index (κ2) is 6.51. The van der Waals surface area contributed by atoms with Gasteiger partial charge >= 0.3 is 68.9 Å². The van der Waals surface area contributed by atoms with Crippen molar-refractivity contribution in [2.45, 2.75) is 26.7 Å². The molecule has 0 saturated carbocycles. The van der Waals surface area contributed by atoms with Gasteiger partial charge in [-0.15, -0.1) is 5.75 Å². The summed E-state index contributed by atoms with van der Waals surface area (Å²) >= 11 is 0. The van der Waals surface area contributed by atoms with Crippen LogP contribution in [0.2, 0.25) is 0 Å². The van der Waals surface area contributed by atoms with Crippen LogP contribution in [0.3, 0.4) is 0 Å². The Kier molecular flexibility index (Phi) is 7.10. The molecule has 0 aliphatic carbocycles. The van der Waals surface area contributed by atoms with Crippen molar-refractivity contribution in [3.05, 3.63) is 29.3 Å². The minimum atomic E-state index is 0. The summed E-state index contributed by atoms with van der Waals surface area (Å²) in [6, 6.07) is 5.77. The van der Waals surface area contributed by atoms with E-state index in [1.165, 1.54) is 0 Å². The first-order chi connectivity index (χ1) is 5.29. The maximum atomic E-state index is 11.4. The number of aryl methyl sites for hydroxylation is 2. The quantitative estimate of drug-likeness (QED) is 0.674. The molecule has 1 nitrogen and oxygen atoms in total. The Labute approximate surface area is 133 Å². The van der Waals surface area contributed by atoms with Crippen molar-refractivity contribution in [2.24, 2.45) is 0 Å². The van der Waals surface area contributed by atoms with Crippen LogP contribution in [0.5, 0.6) is 5.75 Å². The van der Waals surface area contributed by atoms with Crippen molar-refractivity contribution in [1.82, 2.24) is 0 Å². The number of hydrogen-bond donors (Lipinski definition) is 0. The summed E-state index contributed by atoms with van der Waals surface area (Å²) in [5.74, 6) is 0.234. The number of para-hydroxylation sites is 1. The third-order valence-electron chi connectivity index (χ3n) is 1.94. The molecule has 12 heavy (non-hydrogen) atoms. The average Bonchev–Trinajstić information content (AvgIpc) is 2.05. The molecule has 0 spiro atoms. The normalized spacial score (nSPS) is 9.17. The average molecular weight is 282 g/mol. The van der Waals surface area contributed by atoms with Gasteiger partial charge in [-0.25, -0.2) is 0 Å². The predicted molar refractivity (Wildman–Crippen MR) is 44.6 cm³/mol. The molecule has 0 aliphatic heterocycles. The van der Waals surface area contributed by atoms with E-state index < -0.39 is 0 Å². The molecular formula is C10H13CsO. The Bertz CT molecular complexity index is 223. The van der Waals surface area contributed by atoms with Gasteiger partial charge in [-0.3, -0.25) is 0 Å². The van der Waals surface area contributed by atoms with E-state index in [0.29, 0.717) is 0 Å². The topological polar surface area (TPSA) is 23.1 Å². The van der Waals surface area contributed by atoms with Crippen molar-refractivity contribution >= 4 is 0 Å². The maximum Gasteiger partial charge on any atom is 1.00 e. The van der Waals surface area contributed by atoms with Crippen molar-refractivity contribution < 1.29 is 74.0 Å². The van der Waals surface area contributed by atoms with Crippen molar-refractivity contribution in [2.75, 3.05) is 0 Å². The molecule has 1 aromatic rings. The first-order valence-corrected chi connectivity index (χ1v) is 4.07. The van der Waals surface area contributed by atoms with Crippen molar-refractivity contribution in [3.8, 4) is 5.75 Å². The summed E-state index contributed by atoms with van der Waals surface area (Å²) in [5, 5.41) is 11.4. The van der Waals surface area contributed by atoms with Gasteiger partial charge < -0.3 is 5.11 Å². The third kappa shape index (κ3) is 3.09. The molecular weight excluding hydrogens is 269 g/mol. The molecule has 0 atom stereocenters. The van der Waals surface area contributed by atoms with Gasteiger partial charge in [0.25, 0.3) is 0 Å². The number of benzene rings is 1. The number of hydrogen-bond acceptors (Lipinski definition) is 1. The zero-order valence-electron chi connectivity index (χ0n) is 8.05. The summed E-state index contributed by atoms with van der Waals surface area (Å²) < 4.78 is 0. The van der Waals surface area contributed by atoms with Crippen LogP contribution in [0.15, 0.2) is 18.2 Å². The van der Waals surface area contributed by atoms with Gasteiger partial charge in [0.15, 0.2) is 0 Å². The maximum absolute atomic E-state index is 11.4. The smallest absolute Gasteiger partial charge is 0.872 e. The van der Waals surface area contributed by atoms with Crippen LogP contribution in [0.4, 0.5) is 0 Å². The van der Waals surface area contributed by atoms with E-state index in [1.807, 2.05) is 32.0 Å². The Morgan fingerprint density at radius 3 is 1.83 bits per heavy atom. The summed E-state index contributed by atoms with van der Waals surface area (Å²) in [7, 11) is 0. The van der Waals surface area contributed by atoms with Crippen LogP contribution in [0, 0.1) is 0 Å². The Hall–Kier alpha value is 1.07. The SMILES string of the molecule is CCc1cccc(CC)c1[O-].[Cs+]. The molecule has 1 aromatic carbocycles. The Morgan fingerprint density at radius 2 is 1.50 bits per heavy atom. The van der Waals surface area contributed by atoms with Crippen LogP contribution in [-0.4, -0.2) is 0 Å². The van der Waals surface area contributed by atoms with Crippen LogP contribution in [0.1, 0.15) is 25.0 Å². The van der Waals surface area contributed by atoms with Gasteiger partial charge in [-0.05, 0) is 12.8 Å². The molecule has 1 rings (SSSR count). The van der Waals surface area contributed by atoms with E-state index in [0.717, 1.165) is 24.0 Å². The van der Waals surface area contributed by atoms with E-state index in [4.69, 9.17) is 0 Å². The van der Waals surface area contributed by atoms with E-state index in [9.17, 15) is 5.11 Å². The van der Waals surface area contributed by atoms with Gasteiger partial charge in [0.1, 0.15) is 0 Å². The van der Waals surface area contributed by atoms with Crippen LogP contribution >= 0.6 is 0 Å². The summed E-state index contributed by atoms with van der Waals surface area (Å²) in [6.07, 6.45) is 1.68. The standard InChI is InChI=1S/C10H14O.Cs/c1-3-8-6-5-7-9(4-2)10(8)11;/h5-7,11H,3-4H2,1-2H3;/q;+1/p-1. The first kappa shape index (κ1) is 13.1. The fourth-order valence-electron chi connectivity index (χ4n) is 1.19. The summed E-state index contributed by atoms with van der Waals surface area (Å²) in [4.78, 5) is 0. The largest absolute Gasteiger partial charge is 1.00 e. The Morgan fingerprint density at radius 1 is 1.08 bits per heavy atom.